The molecule has 0 unspecified atom stereocenters. The standard InChI is InChI=1S/C15H12N2O5/c1-3-11-12(8(2)21-16-11)15(20)22-17-13(18)9-6-4-5-7-10(9)14(17)19/h4-7H,3H2,1-2H3. The van der Waals surface area contributed by atoms with E-state index in [-0.39, 0.29) is 22.5 Å². The molecule has 2 aromatic rings. The minimum atomic E-state index is -0.842. The highest BCUT2D eigenvalue weighted by Crippen LogP contribution is 2.24. The summed E-state index contributed by atoms with van der Waals surface area (Å²) in [5, 5.41) is 4.21. The topological polar surface area (TPSA) is 89.7 Å². The van der Waals surface area contributed by atoms with Crippen LogP contribution in [0.4, 0.5) is 0 Å². The van der Waals surface area contributed by atoms with E-state index < -0.39 is 17.8 Å². The molecule has 0 bridgehead atoms. The van der Waals surface area contributed by atoms with Crippen LogP contribution < -0.4 is 0 Å². The molecule has 3 rings (SSSR count). The van der Waals surface area contributed by atoms with E-state index in [1.807, 2.05) is 0 Å². The zero-order valence-corrected chi connectivity index (χ0v) is 12.0. The number of hydrogen-bond acceptors (Lipinski definition) is 6. The summed E-state index contributed by atoms with van der Waals surface area (Å²) < 4.78 is 4.95. The number of aryl methyl sites for hydroxylation is 2. The lowest BCUT2D eigenvalue weighted by Crippen LogP contribution is -2.33. The van der Waals surface area contributed by atoms with Gasteiger partial charge in [0.2, 0.25) is 0 Å². The first-order valence-electron chi connectivity index (χ1n) is 6.69. The van der Waals surface area contributed by atoms with Crippen LogP contribution in [-0.4, -0.2) is 28.0 Å². The summed E-state index contributed by atoms with van der Waals surface area (Å²) >= 11 is 0. The molecule has 1 aliphatic rings. The van der Waals surface area contributed by atoms with Crippen molar-refractivity contribution in [2.45, 2.75) is 20.3 Å². The van der Waals surface area contributed by atoms with E-state index in [1.165, 1.54) is 12.1 Å². The Balaban J connectivity index is 1.89. The molecular formula is C15H12N2O5. The molecule has 1 aliphatic heterocycles. The summed E-state index contributed by atoms with van der Waals surface area (Å²) in [6, 6.07) is 6.28. The number of hydrogen-bond donors (Lipinski definition) is 0. The number of amides is 2. The van der Waals surface area contributed by atoms with Crippen molar-refractivity contribution < 1.29 is 23.7 Å². The van der Waals surface area contributed by atoms with Gasteiger partial charge >= 0.3 is 5.97 Å². The summed E-state index contributed by atoms with van der Waals surface area (Å²) in [6.07, 6.45) is 0.462. The van der Waals surface area contributed by atoms with Crippen molar-refractivity contribution in [3.05, 3.63) is 52.4 Å². The van der Waals surface area contributed by atoms with Crippen LogP contribution in [0.5, 0.6) is 0 Å². The number of carbonyl (C=O) groups excluding carboxylic acids is 3. The first-order valence-corrected chi connectivity index (χ1v) is 6.69. The second-order valence-electron chi connectivity index (χ2n) is 4.74. The van der Waals surface area contributed by atoms with E-state index in [0.717, 1.165) is 0 Å². The fraction of sp³-hybridized carbons (Fsp3) is 0.200. The van der Waals surface area contributed by atoms with Gasteiger partial charge in [-0.15, -0.1) is 0 Å². The Morgan fingerprint density at radius 3 is 2.36 bits per heavy atom. The third-order valence-electron chi connectivity index (χ3n) is 3.40. The molecule has 7 nitrogen and oxygen atoms in total. The minimum absolute atomic E-state index is 0.138. The van der Waals surface area contributed by atoms with Gasteiger partial charge in [-0.3, -0.25) is 9.59 Å². The largest absolute Gasteiger partial charge is 0.369 e. The molecule has 0 N–H and O–H groups in total. The van der Waals surface area contributed by atoms with Gasteiger partial charge < -0.3 is 9.36 Å². The lowest BCUT2D eigenvalue weighted by Gasteiger charge is -2.12. The molecule has 1 aromatic heterocycles. The molecule has 1 aromatic carbocycles. The van der Waals surface area contributed by atoms with E-state index in [9.17, 15) is 14.4 Å². The van der Waals surface area contributed by atoms with Gasteiger partial charge in [0.25, 0.3) is 11.8 Å². The molecule has 2 amide bonds. The van der Waals surface area contributed by atoms with Crippen molar-refractivity contribution in [1.29, 1.82) is 0 Å². The van der Waals surface area contributed by atoms with Crippen LogP contribution in [0, 0.1) is 6.92 Å². The molecular weight excluding hydrogens is 288 g/mol. The Morgan fingerprint density at radius 1 is 1.23 bits per heavy atom. The predicted molar refractivity (Wildman–Crippen MR) is 73.0 cm³/mol. The zero-order chi connectivity index (χ0) is 15.9. The van der Waals surface area contributed by atoms with Crippen molar-refractivity contribution in [2.75, 3.05) is 0 Å². The summed E-state index contributed by atoms with van der Waals surface area (Å²) in [4.78, 5) is 41.5. The number of imide groups is 1. The lowest BCUT2D eigenvalue weighted by atomic mass is 10.1. The van der Waals surface area contributed by atoms with E-state index in [1.54, 1.807) is 26.0 Å². The lowest BCUT2D eigenvalue weighted by molar-refractivity contribution is -0.0586. The maximum Gasteiger partial charge on any atom is 0.369 e. The fourth-order valence-electron chi connectivity index (χ4n) is 2.30. The zero-order valence-electron chi connectivity index (χ0n) is 12.0. The highest BCUT2D eigenvalue weighted by Gasteiger charge is 2.39. The number of hydroxylamine groups is 2. The Kier molecular flexibility index (Phi) is 3.25. The Hall–Kier alpha value is -2.96. The van der Waals surface area contributed by atoms with Crippen LogP contribution in [0.15, 0.2) is 28.8 Å². The third kappa shape index (κ3) is 1.98. The number of rotatable bonds is 3. The molecule has 0 aliphatic carbocycles. The van der Waals surface area contributed by atoms with Crippen LogP contribution in [0.3, 0.4) is 0 Å². The Bertz CT molecular complexity index is 758. The van der Waals surface area contributed by atoms with Crippen LogP contribution in [0.1, 0.15) is 49.5 Å². The van der Waals surface area contributed by atoms with Crippen molar-refractivity contribution in [1.82, 2.24) is 10.2 Å². The molecule has 2 heterocycles. The van der Waals surface area contributed by atoms with Crippen molar-refractivity contribution in [2.24, 2.45) is 0 Å². The van der Waals surface area contributed by atoms with Gasteiger partial charge in [0, 0.05) is 0 Å². The molecule has 0 saturated heterocycles. The SMILES string of the molecule is CCc1noc(C)c1C(=O)ON1C(=O)c2ccccc2C1=O. The van der Waals surface area contributed by atoms with Gasteiger partial charge in [0.1, 0.15) is 11.3 Å². The average Bonchev–Trinajstić information content (AvgIpc) is 3.01. The van der Waals surface area contributed by atoms with Gasteiger partial charge in [0.15, 0.2) is 0 Å². The quantitative estimate of drug-likeness (QED) is 0.804. The molecule has 0 atom stereocenters. The molecule has 22 heavy (non-hydrogen) atoms. The minimum Gasteiger partial charge on any atom is -0.361 e. The molecule has 7 heteroatoms. The van der Waals surface area contributed by atoms with Crippen molar-refractivity contribution in [3.8, 4) is 0 Å². The smallest absolute Gasteiger partial charge is 0.361 e. The maximum atomic E-state index is 12.2. The Labute approximate surface area is 125 Å². The monoisotopic (exact) mass is 300 g/mol. The molecule has 0 fully saturated rings. The van der Waals surface area contributed by atoms with Crippen LogP contribution in [-0.2, 0) is 11.3 Å². The summed E-state index contributed by atoms with van der Waals surface area (Å²) in [5.41, 5.74) is 0.967. The Morgan fingerprint density at radius 2 is 1.82 bits per heavy atom. The van der Waals surface area contributed by atoms with E-state index in [0.29, 0.717) is 17.2 Å². The van der Waals surface area contributed by atoms with E-state index in [4.69, 9.17) is 9.36 Å². The second kappa shape index (κ2) is 5.10. The maximum absolute atomic E-state index is 12.2. The summed E-state index contributed by atoms with van der Waals surface area (Å²) in [6.45, 7) is 3.36. The second-order valence-corrected chi connectivity index (χ2v) is 4.74. The normalized spacial score (nSPS) is 13.5. The van der Waals surface area contributed by atoms with E-state index >= 15 is 0 Å². The van der Waals surface area contributed by atoms with Gasteiger partial charge in [-0.1, -0.05) is 29.3 Å². The molecule has 0 saturated carbocycles. The number of fused-ring (bicyclic) bond motifs is 1. The predicted octanol–water partition coefficient (Wildman–Crippen LogP) is 1.91. The van der Waals surface area contributed by atoms with Crippen molar-refractivity contribution in [3.63, 3.8) is 0 Å². The highest BCUT2D eigenvalue weighted by atomic mass is 16.7. The highest BCUT2D eigenvalue weighted by molar-refractivity contribution is 6.21. The summed E-state index contributed by atoms with van der Waals surface area (Å²) in [7, 11) is 0. The van der Waals surface area contributed by atoms with E-state index in [2.05, 4.69) is 5.16 Å². The number of nitrogens with zero attached hydrogens (tertiary/aromatic N) is 2. The summed E-state index contributed by atoms with van der Waals surface area (Å²) in [5.74, 6) is -1.90. The van der Waals surface area contributed by atoms with Crippen LogP contribution in [0.2, 0.25) is 0 Å². The van der Waals surface area contributed by atoms with Crippen molar-refractivity contribution >= 4 is 17.8 Å². The van der Waals surface area contributed by atoms with Crippen LogP contribution in [0.25, 0.3) is 0 Å². The fourth-order valence-corrected chi connectivity index (χ4v) is 2.30. The van der Waals surface area contributed by atoms with Crippen LogP contribution >= 0.6 is 0 Å². The number of carbonyl (C=O) groups is 3. The molecule has 112 valence electrons. The molecule has 0 spiro atoms. The van der Waals surface area contributed by atoms with Gasteiger partial charge in [0.05, 0.1) is 16.8 Å². The van der Waals surface area contributed by atoms with Gasteiger partial charge in [-0.25, -0.2) is 4.79 Å². The van der Waals surface area contributed by atoms with Gasteiger partial charge in [-0.05, 0) is 25.5 Å². The number of aromatic nitrogens is 1. The average molecular weight is 300 g/mol. The molecule has 0 radical (unpaired) electrons. The number of benzene rings is 1. The van der Waals surface area contributed by atoms with Gasteiger partial charge in [-0.2, -0.15) is 0 Å². The third-order valence-corrected chi connectivity index (χ3v) is 3.40. The first-order chi connectivity index (χ1) is 10.5. The first kappa shape index (κ1) is 14.0.